The standard InChI is InChI=1S/C18H22N4O5S3/c23-16(19-13-3-6-27-10-13)11-28-18-21-14-2-1-12(9-15(14)29-18)20-17(24)22-4-7-30(25,26)8-5-22/h1-2,9,13H,3-8,10-11H2,(H,19,23)(H,20,24)/t13-/m1/s1. The van der Waals surface area contributed by atoms with Crippen molar-refractivity contribution in [3.63, 3.8) is 0 Å². The van der Waals surface area contributed by atoms with Gasteiger partial charge in [0.2, 0.25) is 5.91 Å². The second-order valence-corrected chi connectivity index (χ2v) is 11.7. The molecular weight excluding hydrogens is 448 g/mol. The molecule has 0 bridgehead atoms. The van der Waals surface area contributed by atoms with Gasteiger partial charge in [-0.15, -0.1) is 11.3 Å². The highest BCUT2D eigenvalue weighted by Gasteiger charge is 2.25. The minimum atomic E-state index is -3.03. The van der Waals surface area contributed by atoms with Crippen molar-refractivity contribution >= 4 is 60.8 Å². The van der Waals surface area contributed by atoms with Crippen molar-refractivity contribution in [2.24, 2.45) is 0 Å². The molecule has 1 aromatic carbocycles. The first-order chi connectivity index (χ1) is 14.4. The van der Waals surface area contributed by atoms with Crippen molar-refractivity contribution in [2.75, 3.05) is 48.9 Å². The smallest absolute Gasteiger partial charge is 0.321 e. The molecule has 2 aliphatic heterocycles. The molecule has 2 saturated heterocycles. The maximum absolute atomic E-state index is 12.4. The Morgan fingerprint density at radius 2 is 2.10 bits per heavy atom. The molecule has 4 rings (SSSR count). The number of anilines is 1. The first kappa shape index (κ1) is 21.3. The van der Waals surface area contributed by atoms with Gasteiger partial charge in [-0.25, -0.2) is 18.2 Å². The number of hydrogen-bond donors (Lipinski definition) is 2. The Labute approximate surface area is 182 Å². The summed E-state index contributed by atoms with van der Waals surface area (Å²) in [6, 6.07) is 5.21. The quantitative estimate of drug-likeness (QED) is 0.637. The molecule has 3 amide bonds. The summed E-state index contributed by atoms with van der Waals surface area (Å²) >= 11 is 2.84. The van der Waals surface area contributed by atoms with Crippen LogP contribution in [-0.2, 0) is 19.4 Å². The lowest BCUT2D eigenvalue weighted by molar-refractivity contribution is -0.119. The molecule has 1 aromatic heterocycles. The van der Waals surface area contributed by atoms with Crippen LogP contribution in [0.3, 0.4) is 0 Å². The van der Waals surface area contributed by atoms with Crippen LogP contribution in [0.5, 0.6) is 0 Å². The van der Waals surface area contributed by atoms with E-state index in [0.717, 1.165) is 21.0 Å². The van der Waals surface area contributed by atoms with Gasteiger partial charge in [0.1, 0.15) is 0 Å². The molecule has 12 heteroatoms. The first-order valence-corrected chi connectivity index (χ1v) is 13.2. The topological polar surface area (TPSA) is 118 Å². The average molecular weight is 471 g/mol. The third-order valence-electron chi connectivity index (χ3n) is 4.87. The van der Waals surface area contributed by atoms with Crippen molar-refractivity contribution in [2.45, 2.75) is 16.8 Å². The van der Waals surface area contributed by atoms with Crippen LogP contribution in [0.1, 0.15) is 6.42 Å². The molecule has 2 aliphatic rings. The van der Waals surface area contributed by atoms with E-state index in [1.165, 1.54) is 28.0 Å². The van der Waals surface area contributed by atoms with Gasteiger partial charge in [0.25, 0.3) is 0 Å². The fourth-order valence-corrected chi connectivity index (χ4v) is 6.33. The van der Waals surface area contributed by atoms with Crippen LogP contribution >= 0.6 is 23.1 Å². The minimum absolute atomic E-state index is 0.00374. The molecule has 1 atom stereocenters. The van der Waals surface area contributed by atoms with Crippen LogP contribution in [0.15, 0.2) is 22.5 Å². The lowest BCUT2D eigenvalue weighted by atomic mass is 10.3. The Morgan fingerprint density at radius 1 is 1.30 bits per heavy atom. The fraction of sp³-hybridized carbons (Fsp3) is 0.500. The number of nitrogens with one attached hydrogen (secondary N) is 2. The number of nitrogens with zero attached hydrogens (tertiary/aromatic N) is 2. The van der Waals surface area contributed by atoms with Crippen LogP contribution in [0.25, 0.3) is 10.2 Å². The number of thiazole rings is 1. The Kier molecular flexibility index (Phi) is 6.46. The zero-order valence-corrected chi connectivity index (χ0v) is 18.6. The second kappa shape index (κ2) is 9.08. The van der Waals surface area contributed by atoms with Gasteiger partial charge in [0.05, 0.1) is 40.1 Å². The maximum Gasteiger partial charge on any atom is 0.321 e. The van der Waals surface area contributed by atoms with Crippen LogP contribution in [0, 0.1) is 0 Å². The van der Waals surface area contributed by atoms with Crippen LogP contribution in [-0.4, -0.2) is 79.8 Å². The largest absolute Gasteiger partial charge is 0.379 e. The van der Waals surface area contributed by atoms with Gasteiger partial charge in [-0.05, 0) is 24.6 Å². The molecule has 3 heterocycles. The first-order valence-electron chi connectivity index (χ1n) is 9.55. The van der Waals surface area contributed by atoms with Crippen molar-refractivity contribution in [1.29, 1.82) is 0 Å². The normalized spacial score (nSPS) is 20.9. The van der Waals surface area contributed by atoms with Crippen molar-refractivity contribution in [3.8, 4) is 0 Å². The number of sulfone groups is 1. The number of aromatic nitrogens is 1. The van der Waals surface area contributed by atoms with Gasteiger partial charge in [0, 0.05) is 25.4 Å². The maximum atomic E-state index is 12.4. The number of fused-ring (bicyclic) bond motifs is 1. The molecule has 0 spiro atoms. The fourth-order valence-electron chi connectivity index (χ4n) is 3.21. The third kappa shape index (κ3) is 5.42. The van der Waals surface area contributed by atoms with Crippen molar-refractivity contribution in [3.05, 3.63) is 18.2 Å². The van der Waals surface area contributed by atoms with Gasteiger partial charge in [-0.3, -0.25) is 4.79 Å². The number of urea groups is 1. The summed E-state index contributed by atoms with van der Waals surface area (Å²) in [7, 11) is -3.03. The lowest BCUT2D eigenvalue weighted by Gasteiger charge is -2.26. The molecule has 0 aliphatic carbocycles. The number of rotatable bonds is 5. The molecule has 9 nitrogen and oxygen atoms in total. The van der Waals surface area contributed by atoms with Gasteiger partial charge in [0.15, 0.2) is 14.2 Å². The van der Waals surface area contributed by atoms with E-state index in [1.54, 1.807) is 6.07 Å². The molecule has 0 unspecified atom stereocenters. The van der Waals surface area contributed by atoms with E-state index in [9.17, 15) is 18.0 Å². The second-order valence-electron chi connectivity index (χ2n) is 7.15. The van der Waals surface area contributed by atoms with E-state index in [2.05, 4.69) is 15.6 Å². The number of ether oxygens (including phenoxy) is 1. The zero-order valence-electron chi connectivity index (χ0n) is 16.1. The molecule has 2 fully saturated rings. The van der Waals surface area contributed by atoms with Crippen LogP contribution in [0.4, 0.5) is 10.5 Å². The summed E-state index contributed by atoms with van der Waals surface area (Å²) in [5, 5.41) is 5.77. The number of carbonyl (C=O) groups excluding carboxylic acids is 2. The van der Waals surface area contributed by atoms with E-state index >= 15 is 0 Å². The molecule has 162 valence electrons. The lowest BCUT2D eigenvalue weighted by Crippen LogP contribution is -2.45. The van der Waals surface area contributed by atoms with E-state index in [-0.39, 0.29) is 48.3 Å². The highest BCUT2D eigenvalue weighted by Crippen LogP contribution is 2.31. The molecule has 2 aromatic rings. The van der Waals surface area contributed by atoms with Crippen LogP contribution in [0.2, 0.25) is 0 Å². The van der Waals surface area contributed by atoms with Gasteiger partial charge >= 0.3 is 6.03 Å². The molecular formula is C18H22N4O5S3. The number of hydrogen-bond acceptors (Lipinski definition) is 8. The summed E-state index contributed by atoms with van der Waals surface area (Å²) in [4.78, 5) is 30.5. The monoisotopic (exact) mass is 470 g/mol. The summed E-state index contributed by atoms with van der Waals surface area (Å²) in [6.45, 7) is 1.66. The Morgan fingerprint density at radius 3 is 2.83 bits per heavy atom. The van der Waals surface area contributed by atoms with Gasteiger partial charge < -0.3 is 20.3 Å². The molecule has 0 radical (unpaired) electrons. The molecule has 0 saturated carbocycles. The summed E-state index contributed by atoms with van der Waals surface area (Å²) < 4.78 is 30.0. The Bertz CT molecular complexity index is 1040. The van der Waals surface area contributed by atoms with Crippen molar-refractivity contribution < 1.29 is 22.7 Å². The summed E-state index contributed by atoms with van der Waals surface area (Å²) in [5.41, 5.74) is 1.43. The van der Waals surface area contributed by atoms with E-state index in [4.69, 9.17) is 4.74 Å². The predicted octanol–water partition coefficient (Wildman–Crippen LogP) is 1.56. The number of benzene rings is 1. The van der Waals surface area contributed by atoms with E-state index in [1.807, 2.05) is 12.1 Å². The zero-order chi connectivity index (χ0) is 21.1. The average Bonchev–Trinajstić information content (AvgIpc) is 3.35. The third-order valence-corrected chi connectivity index (χ3v) is 8.64. The number of carbonyl (C=O) groups is 2. The highest BCUT2D eigenvalue weighted by atomic mass is 32.2. The van der Waals surface area contributed by atoms with Crippen LogP contribution < -0.4 is 10.6 Å². The van der Waals surface area contributed by atoms with Gasteiger partial charge in [-0.2, -0.15) is 0 Å². The summed E-state index contributed by atoms with van der Waals surface area (Å²) in [6.07, 6.45) is 0.847. The van der Waals surface area contributed by atoms with Gasteiger partial charge in [-0.1, -0.05) is 11.8 Å². The predicted molar refractivity (Wildman–Crippen MR) is 117 cm³/mol. The van der Waals surface area contributed by atoms with E-state index < -0.39 is 9.84 Å². The molecule has 2 N–H and O–H groups in total. The Balaban J connectivity index is 1.33. The Hall–Kier alpha value is -1.89. The van der Waals surface area contributed by atoms with E-state index in [0.29, 0.717) is 18.9 Å². The SMILES string of the molecule is O=C(CSc1nc2ccc(NC(=O)N3CCS(=O)(=O)CC3)cc2s1)N[C@@H]1CCOC1. The van der Waals surface area contributed by atoms with Crippen molar-refractivity contribution in [1.82, 2.24) is 15.2 Å². The number of amides is 3. The summed E-state index contributed by atoms with van der Waals surface area (Å²) in [5.74, 6) is 0.246. The number of thioether (sulfide) groups is 1. The molecule has 30 heavy (non-hydrogen) atoms. The minimum Gasteiger partial charge on any atom is -0.379 e. The highest BCUT2D eigenvalue weighted by molar-refractivity contribution is 8.01.